The molecule has 0 radical (unpaired) electrons. The van der Waals surface area contributed by atoms with Gasteiger partial charge in [-0.1, -0.05) is 5.16 Å². The molecule has 0 aromatic carbocycles. The van der Waals surface area contributed by atoms with E-state index in [0.29, 0.717) is 6.04 Å². The van der Waals surface area contributed by atoms with Crippen LogP contribution in [0.1, 0.15) is 43.2 Å². The van der Waals surface area contributed by atoms with Crippen molar-refractivity contribution in [3.63, 3.8) is 0 Å². The van der Waals surface area contributed by atoms with Crippen LogP contribution in [0, 0.1) is 13.8 Å². The summed E-state index contributed by atoms with van der Waals surface area (Å²) in [5, 5.41) is 11.7. The molecular weight excluding hydrogens is 296 g/mol. The standard InChI is InChI=1S/C16H28N4OS/c1-5-17-16(19-13-6-7-14(10-13)22-4)18-9-8-15-11(2)20-21-12(15)3/h13-14H,5-10H2,1-4H3,(H2,17,18,19). The molecule has 1 aromatic heterocycles. The van der Waals surface area contributed by atoms with Gasteiger partial charge >= 0.3 is 0 Å². The maximum atomic E-state index is 5.20. The second-order valence-corrected chi connectivity index (χ2v) is 6.96. The van der Waals surface area contributed by atoms with Gasteiger partial charge in [0.1, 0.15) is 5.76 Å². The first kappa shape index (κ1) is 17.2. The van der Waals surface area contributed by atoms with E-state index in [1.807, 2.05) is 25.6 Å². The Labute approximate surface area is 137 Å². The van der Waals surface area contributed by atoms with Crippen molar-refractivity contribution in [3.8, 4) is 0 Å². The second kappa shape index (κ2) is 8.46. The summed E-state index contributed by atoms with van der Waals surface area (Å²) in [6.07, 6.45) is 6.85. The van der Waals surface area contributed by atoms with Gasteiger partial charge in [0.05, 0.1) is 5.69 Å². The molecule has 1 fully saturated rings. The zero-order valence-corrected chi connectivity index (χ0v) is 14.9. The fourth-order valence-corrected chi connectivity index (χ4v) is 3.73. The van der Waals surface area contributed by atoms with Crippen LogP contribution in [0.15, 0.2) is 9.52 Å². The average Bonchev–Trinajstić information content (AvgIpc) is 3.08. The summed E-state index contributed by atoms with van der Waals surface area (Å²) >= 11 is 1.98. The number of aliphatic imine (C=N–C) groups is 1. The largest absolute Gasteiger partial charge is 0.361 e. The van der Waals surface area contributed by atoms with E-state index >= 15 is 0 Å². The molecule has 1 aliphatic carbocycles. The van der Waals surface area contributed by atoms with Crippen molar-refractivity contribution in [1.82, 2.24) is 15.8 Å². The predicted octanol–water partition coefficient (Wildman–Crippen LogP) is 2.67. The van der Waals surface area contributed by atoms with Crippen molar-refractivity contribution in [2.75, 3.05) is 19.3 Å². The highest BCUT2D eigenvalue weighted by molar-refractivity contribution is 7.99. The van der Waals surface area contributed by atoms with Crippen LogP contribution in [-0.2, 0) is 6.42 Å². The van der Waals surface area contributed by atoms with Gasteiger partial charge in [-0.3, -0.25) is 4.99 Å². The number of hydrogen-bond acceptors (Lipinski definition) is 4. The van der Waals surface area contributed by atoms with Gasteiger partial charge in [0.2, 0.25) is 0 Å². The second-order valence-electron chi connectivity index (χ2n) is 5.83. The van der Waals surface area contributed by atoms with Crippen LogP contribution in [0.5, 0.6) is 0 Å². The molecule has 2 unspecified atom stereocenters. The van der Waals surface area contributed by atoms with Crippen LogP contribution in [-0.4, -0.2) is 41.8 Å². The number of hydrogen-bond donors (Lipinski definition) is 2. The highest BCUT2D eigenvalue weighted by atomic mass is 32.2. The van der Waals surface area contributed by atoms with Gasteiger partial charge in [0.15, 0.2) is 5.96 Å². The topological polar surface area (TPSA) is 62.5 Å². The normalized spacial score (nSPS) is 22.1. The van der Waals surface area contributed by atoms with Gasteiger partial charge in [-0.25, -0.2) is 0 Å². The lowest BCUT2D eigenvalue weighted by atomic mass is 10.1. The summed E-state index contributed by atoms with van der Waals surface area (Å²) in [7, 11) is 0. The van der Waals surface area contributed by atoms with Crippen molar-refractivity contribution < 1.29 is 4.52 Å². The lowest BCUT2D eigenvalue weighted by molar-refractivity contribution is 0.392. The maximum absolute atomic E-state index is 5.20. The van der Waals surface area contributed by atoms with Crippen LogP contribution in [0.3, 0.4) is 0 Å². The molecule has 2 N–H and O–H groups in total. The monoisotopic (exact) mass is 324 g/mol. The van der Waals surface area contributed by atoms with Gasteiger partial charge < -0.3 is 15.2 Å². The molecule has 0 aliphatic heterocycles. The zero-order valence-electron chi connectivity index (χ0n) is 14.1. The predicted molar refractivity (Wildman–Crippen MR) is 93.7 cm³/mol. The first-order valence-corrected chi connectivity index (χ1v) is 9.42. The van der Waals surface area contributed by atoms with Crippen LogP contribution in [0.2, 0.25) is 0 Å². The third kappa shape index (κ3) is 4.66. The Bertz CT molecular complexity index is 481. The average molecular weight is 324 g/mol. The third-order valence-electron chi connectivity index (χ3n) is 4.22. The van der Waals surface area contributed by atoms with E-state index in [9.17, 15) is 0 Å². The minimum atomic E-state index is 0.550. The number of aromatic nitrogens is 1. The highest BCUT2D eigenvalue weighted by Crippen LogP contribution is 2.28. The molecule has 0 amide bonds. The number of thioether (sulfide) groups is 1. The number of guanidine groups is 1. The lowest BCUT2D eigenvalue weighted by Gasteiger charge is -2.17. The summed E-state index contributed by atoms with van der Waals surface area (Å²) in [6, 6.07) is 0.550. The smallest absolute Gasteiger partial charge is 0.191 e. The van der Waals surface area contributed by atoms with E-state index in [1.165, 1.54) is 24.8 Å². The van der Waals surface area contributed by atoms with Crippen LogP contribution >= 0.6 is 11.8 Å². The van der Waals surface area contributed by atoms with Crippen molar-refractivity contribution in [2.24, 2.45) is 4.99 Å². The van der Waals surface area contributed by atoms with Crippen LogP contribution in [0.4, 0.5) is 0 Å². The van der Waals surface area contributed by atoms with Gasteiger partial charge in [0.25, 0.3) is 0 Å². The summed E-state index contributed by atoms with van der Waals surface area (Å²) in [5.41, 5.74) is 2.16. The summed E-state index contributed by atoms with van der Waals surface area (Å²) in [4.78, 5) is 4.70. The van der Waals surface area contributed by atoms with E-state index in [-0.39, 0.29) is 0 Å². The van der Waals surface area contributed by atoms with Gasteiger partial charge in [-0.2, -0.15) is 11.8 Å². The molecule has 0 spiro atoms. The first-order valence-electron chi connectivity index (χ1n) is 8.13. The van der Waals surface area contributed by atoms with E-state index in [0.717, 1.165) is 42.2 Å². The fourth-order valence-electron chi connectivity index (χ4n) is 2.94. The number of rotatable bonds is 6. The van der Waals surface area contributed by atoms with E-state index in [4.69, 9.17) is 9.52 Å². The molecule has 1 saturated carbocycles. The summed E-state index contributed by atoms with van der Waals surface area (Å²) < 4.78 is 5.20. The maximum Gasteiger partial charge on any atom is 0.191 e. The zero-order chi connectivity index (χ0) is 15.9. The van der Waals surface area contributed by atoms with E-state index < -0.39 is 0 Å². The van der Waals surface area contributed by atoms with Crippen LogP contribution < -0.4 is 10.6 Å². The van der Waals surface area contributed by atoms with Crippen molar-refractivity contribution in [3.05, 3.63) is 17.0 Å². The molecule has 22 heavy (non-hydrogen) atoms. The quantitative estimate of drug-likeness (QED) is 0.622. The number of nitrogens with one attached hydrogen (secondary N) is 2. The minimum absolute atomic E-state index is 0.550. The van der Waals surface area contributed by atoms with Crippen molar-refractivity contribution >= 4 is 17.7 Å². The first-order chi connectivity index (χ1) is 10.6. The molecule has 2 atom stereocenters. The van der Waals surface area contributed by atoms with Gasteiger partial charge in [-0.05, 0) is 52.7 Å². The molecule has 0 saturated heterocycles. The molecular formula is C16H28N4OS. The molecule has 1 aliphatic rings. The summed E-state index contributed by atoms with van der Waals surface area (Å²) in [5.74, 6) is 1.84. The summed E-state index contributed by atoms with van der Waals surface area (Å²) in [6.45, 7) is 7.68. The van der Waals surface area contributed by atoms with Gasteiger partial charge in [-0.15, -0.1) is 0 Å². The SMILES string of the molecule is CCNC(=NCCc1c(C)noc1C)NC1CCC(SC)C1. The Morgan fingerprint density at radius 2 is 2.23 bits per heavy atom. The van der Waals surface area contributed by atoms with E-state index in [1.54, 1.807) is 0 Å². The molecule has 124 valence electrons. The van der Waals surface area contributed by atoms with Gasteiger partial charge in [0, 0.05) is 29.9 Å². The Morgan fingerprint density at radius 1 is 1.41 bits per heavy atom. The fraction of sp³-hybridized carbons (Fsp3) is 0.750. The minimum Gasteiger partial charge on any atom is -0.361 e. The highest BCUT2D eigenvalue weighted by Gasteiger charge is 2.24. The molecule has 1 aromatic rings. The van der Waals surface area contributed by atoms with Crippen molar-refractivity contribution in [2.45, 2.75) is 57.7 Å². The molecule has 0 bridgehead atoms. The number of aryl methyl sites for hydroxylation is 2. The Balaban J connectivity index is 1.87. The third-order valence-corrected chi connectivity index (χ3v) is 5.31. The molecule has 6 heteroatoms. The van der Waals surface area contributed by atoms with E-state index in [2.05, 4.69) is 29.0 Å². The number of nitrogens with zero attached hydrogens (tertiary/aromatic N) is 2. The van der Waals surface area contributed by atoms with Crippen LogP contribution in [0.25, 0.3) is 0 Å². The molecule has 5 nitrogen and oxygen atoms in total. The molecule has 2 rings (SSSR count). The Morgan fingerprint density at radius 3 is 2.82 bits per heavy atom. The molecule has 1 heterocycles. The van der Waals surface area contributed by atoms with Crippen molar-refractivity contribution in [1.29, 1.82) is 0 Å². The lowest BCUT2D eigenvalue weighted by Crippen LogP contribution is -2.42. The Kier molecular flexibility index (Phi) is 6.61. The Hall–Kier alpha value is -1.17.